The Morgan fingerprint density at radius 3 is 2.58 bits per heavy atom. The van der Waals surface area contributed by atoms with Crippen LogP contribution < -0.4 is 20.5 Å². The number of nitrogen functional groups attached to an aromatic ring is 1. The van der Waals surface area contributed by atoms with Gasteiger partial charge in [0.15, 0.2) is 11.5 Å². The summed E-state index contributed by atoms with van der Waals surface area (Å²) in [5.74, 6) is 3.18. The Morgan fingerprint density at radius 1 is 1.16 bits per heavy atom. The summed E-state index contributed by atoms with van der Waals surface area (Å²) in [6.45, 7) is 3.62. The van der Waals surface area contributed by atoms with Gasteiger partial charge in [-0.15, -0.1) is 0 Å². The molecule has 0 bridgehead atoms. The maximum absolute atomic E-state index is 5.99. The molecule has 1 aromatic heterocycles. The number of nitrogens with two attached hydrogens (primary N) is 1. The Morgan fingerprint density at radius 2 is 1.89 bits per heavy atom. The summed E-state index contributed by atoms with van der Waals surface area (Å²) in [7, 11) is 0. The van der Waals surface area contributed by atoms with Gasteiger partial charge in [-0.2, -0.15) is 0 Å². The lowest BCUT2D eigenvalue weighted by molar-refractivity contribution is 0.172. The fourth-order valence-electron chi connectivity index (χ4n) is 2.02. The van der Waals surface area contributed by atoms with Crippen LogP contribution in [0.5, 0.6) is 11.5 Å². The second-order valence-electron chi connectivity index (χ2n) is 4.45. The lowest BCUT2D eigenvalue weighted by Gasteiger charge is -2.20. The summed E-state index contributed by atoms with van der Waals surface area (Å²) in [5, 5.41) is 3.24. The molecule has 0 atom stereocenters. The molecule has 2 heterocycles. The molecule has 1 aromatic carbocycles. The van der Waals surface area contributed by atoms with E-state index in [4.69, 9.17) is 19.6 Å². The lowest BCUT2D eigenvalue weighted by Crippen LogP contribution is -2.16. The van der Waals surface area contributed by atoms with Crippen molar-refractivity contribution in [3.63, 3.8) is 0 Å². The number of rotatable bonds is 3. The Hall–Kier alpha value is -2.30. The average molecular weight is 260 g/mol. The SMILES string of the molecule is Cc1ccc(CNc2cc3c(cc2N)OCCO3)o1. The zero-order chi connectivity index (χ0) is 13.2. The Balaban J connectivity index is 1.77. The molecule has 0 unspecified atom stereocenters. The van der Waals surface area contributed by atoms with Gasteiger partial charge in [-0.05, 0) is 19.1 Å². The van der Waals surface area contributed by atoms with E-state index in [0.29, 0.717) is 31.2 Å². The van der Waals surface area contributed by atoms with Crippen LogP contribution in [0, 0.1) is 6.92 Å². The van der Waals surface area contributed by atoms with E-state index in [0.717, 1.165) is 23.0 Å². The fraction of sp³-hybridized carbons (Fsp3) is 0.286. The van der Waals surface area contributed by atoms with Crippen molar-refractivity contribution < 1.29 is 13.9 Å². The highest BCUT2D eigenvalue weighted by Crippen LogP contribution is 2.37. The number of furan rings is 1. The molecular formula is C14H16N2O3. The predicted octanol–water partition coefficient (Wildman–Crippen LogP) is 2.55. The second kappa shape index (κ2) is 4.76. The van der Waals surface area contributed by atoms with E-state index in [9.17, 15) is 0 Å². The number of anilines is 2. The van der Waals surface area contributed by atoms with Gasteiger partial charge >= 0.3 is 0 Å². The van der Waals surface area contributed by atoms with E-state index in [1.807, 2.05) is 25.1 Å². The van der Waals surface area contributed by atoms with E-state index in [-0.39, 0.29) is 0 Å². The van der Waals surface area contributed by atoms with Crippen LogP contribution in [0.4, 0.5) is 11.4 Å². The van der Waals surface area contributed by atoms with Crippen molar-refractivity contribution in [3.8, 4) is 11.5 Å². The highest BCUT2D eigenvalue weighted by molar-refractivity contribution is 5.72. The van der Waals surface area contributed by atoms with Crippen molar-refractivity contribution in [1.82, 2.24) is 0 Å². The Bertz CT molecular complexity index is 592. The maximum Gasteiger partial charge on any atom is 0.163 e. The first kappa shape index (κ1) is 11.8. The van der Waals surface area contributed by atoms with E-state index in [2.05, 4.69) is 5.32 Å². The summed E-state index contributed by atoms with van der Waals surface area (Å²) in [5.41, 5.74) is 7.44. The molecule has 1 aliphatic rings. The molecule has 0 spiro atoms. The summed E-state index contributed by atoms with van der Waals surface area (Å²) in [6, 6.07) is 7.52. The highest BCUT2D eigenvalue weighted by Gasteiger charge is 2.14. The molecule has 1 aliphatic heterocycles. The van der Waals surface area contributed by atoms with Gasteiger partial charge in [0.25, 0.3) is 0 Å². The molecular weight excluding hydrogens is 244 g/mol. The fourth-order valence-corrected chi connectivity index (χ4v) is 2.02. The number of ether oxygens (including phenoxy) is 2. The number of hydrogen-bond acceptors (Lipinski definition) is 5. The molecule has 0 fully saturated rings. The third-order valence-corrected chi connectivity index (χ3v) is 2.96. The minimum atomic E-state index is 0.560. The number of benzene rings is 1. The smallest absolute Gasteiger partial charge is 0.163 e. The normalized spacial score (nSPS) is 13.3. The average Bonchev–Trinajstić information content (AvgIpc) is 2.82. The molecule has 19 heavy (non-hydrogen) atoms. The molecule has 0 radical (unpaired) electrons. The number of aryl methyl sites for hydroxylation is 1. The van der Waals surface area contributed by atoms with Crippen molar-refractivity contribution in [3.05, 3.63) is 35.8 Å². The van der Waals surface area contributed by atoms with Crippen LogP contribution in [-0.4, -0.2) is 13.2 Å². The quantitative estimate of drug-likeness (QED) is 0.830. The molecule has 0 saturated carbocycles. The zero-order valence-corrected chi connectivity index (χ0v) is 10.7. The van der Waals surface area contributed by atoms with Crippen LogP contribution in [0.3, 0.4) is 0 Å². The Kier molecular flexibility index (Phi) is 2.95. The van der Waals surface area contributed by atoms with Gasteiger partial charge in [0.05, 0.1) is 17.9 Å². The predicted molar refractivity (Wildman–Crippen MR) is 72.6 cm³/mol. The van der Waals surface area contributed by atoms with Crippen molar-refractivity contribution in [2.24, 2.45) is 0 Å². The number of hydrogen-bond donors (Lipinski definition) is 2. The zero-order valence-electron chi connectivity index (χ0n) is 10.7. The summed E-state index contributed by atoms with van der Waals surface area (Å²) >= 11 is 0. The molecule has 2 aromatic rings. The summed E-state index contributed by atoms with van der Waals surface area (Å²) < 4.78 is 16.5. The van der Waals surface area contributed by atoms with E-state index in [1.165, 1.54) is 0 Å². The van der Waals surface area contributed by atoms with Crippen LogP contribution in [0.2, 0.25) is 0 Å². The van der Waals surface area contributed by atoms with Crippen LogP contribution in [0.15, 0.2) is 28.7 Å². The third-order valence-electron chi connectivity index (χ3n) is 2.96. The van der Waals surface area contributed by atoms with Gasteiger partial charge in [-0.1, -0.05) is 0 Å². The minimum absolute atomic E-state index is 0.560. The van der Waals surface area contributed by atoms with Crippen molar-refractivity contribution in [2.45, 2.75) is 13.5 Å². The van der Waals surface area contributed by atoms with E-state index < -0.39 is 0 Å². The summed E-state index contributed by atoms with van der Waals surface area (Å²) in [6.07, 6.45) is 0. The van der Waals surface area contributed by atoms with Gasteiger partial charge in [0.1, 0.15) is 24.7 Å². The van der Waals surface area contributed by atoms with Gasteiger partial charge < -0.3 is 24.9 Å². The van der Waals surface area contributed by atoms with Crippen LogP contribution in [-0.2, 0) is 6.54 Å². The van der Waals surface area contributed by atoms with Crippen LogP contribution in [0.25, 0.3) is 0 Å². The van der Waals surface area contributed by atoms with Crippen LogP contribution >= 0.6 is 0 Å². The largest absolute Gasteiger partial charge is 0.486 e. The topological polar surface area (TPSA) is 69.7 Å². The van der Waals surface area contributed by atoms with Gasteiger partial charge in [0, 0.05) is 12.1 Å². The monoisotopic (exact) mass is 260 g/mol. The third kappa shape index (κ3) is 2.45. The van der Waals surface area contributed by atoms with Crippen molar-refractivity contribution in [1.29, 1.82) is 0 Å². The van der Waals surface area contributed by atoms with E-state index >= 15 is 0 Å². The molecule has 0 aliphatic carbocycles. The van der Waals surface area contributed by atoms with Crippen molar-refractivity contribution >= 4 is 11.4 Å². The molecule has 0 amide bonds. The van der Waals surface area contributed by atoms with Crippen LogP contribution in [0.1, 0.15) is 11.5 Å². The molecule has 3 rings (SSSR count). The first-order chi connectivity index (χ1) is 9.22. The number of nitrogens with one attached hydrogen (secondary N) is 1. The molecule has 100 valence electrons. The molecule has 5 heteroatoms. The lowest BCUT2D eigenvalue weighted by atomic mass is 10.2. The van der Waals surface area contributed by atoms with Crippen molar-refractivity contribution in [2.75, 3.05) is 24.3 Å². The maximum atomic E-state index is 5.99. The van der Waals surface area contributed by atoms with Gasteiger partial charge in [-0.25, -0.2) is 0 Å². The second-order valence-corrected chi connectivity index (χ2v) is 4.45. The molecule has 0 saturated heterocycles. The minimum Gasteiger partial charge on any atom is -0.486 e. The molecule has 3 N–H and O–H groups in total. The standard InChI is InChI=1S/C14H16N2O3/c1-9-2-3-10(19-9)8-16-12-7-14-13(6-11(12)15)17-4-5-18-14/h2-3,6-7,16H,4-5,8,15H2,1H3. The highest BCUT2D eigenvalue weighted by atomic mass is 16.6. The van der Waals surface area contributed by atoms with E-state index in [1.54, 1.807) is 6.07 Å². The number of fused-ring (bicyclic) bond motifs is 1. The molecule has 5 nitrogen and oxygen atoms in total. The first-order valence-electron chi connectivity index (χ1n) is 6.21. The van der Waals surface area contributed by atoms with Gasteiger partial charge in [-0.3, -0.25) is 0 Å². The Labute approximate surface area is 111 Å². The summed E-state index contributed by atoms with van der Waals surface area (Å²) in [4.78, 5) is 0. The van der Waals surface area contributed by atoms with Gasteiger partial charge in [0.2, 0.25) is 0 Å². The first-order valence-corrected chi connectivity index (χ1v) is 6.21.